The summed E-state index contributed by atoms with van der Waals surface area (Å²) in [7, 11) is 1.35. The molecule has 0 amide bonds. The van der Waals surface area contributed by atoms with Crippen LogP contribution in [0.25, 0.3) is 0 Å². The minimum Gasteiger partial charge on any atom is -0.507 e. The van der Waals surface area contributed by atoms with Crippen molar-refractivity contribution in [3.05, 3.63) is 51.6 Å². The van der Waals surface area contributed by atoms with Crippen molar-refractivity contribution in [1.82, 2.24) is 0 Å². The number of ketones is 3. The van der Waals surface area contributed by atoms with Crippen molar-refractivity contribution in [2.75, 3.05) is 13.7 Å². The smallest absolute Gasteiger partial charge is 0.202 e. The monoisotopic (exact) mass is 540 g/mol. The predicted octanol–water partition coefficient (Wildman–Crippen LogP) is 1.97. The number of aliphatic hydroxyl groups is 3. The number of hydrogen-bond acceptors (Lipinski definition) is 10. The molecule has 0 heterocycles. The molecule has 1 saturated carbocycles. The average molecular weight is 541 g/mol. The van der Waals surface area contributed by atoms with E-state index in [1.54, 1.807) is 0 Å². The Hall–Kier alpha value is -3.31. The fourth-order valence-electron chi connectivity index (χ4n) is 6.50. The number of fused-ring (bicyclic) bond motifs is 3. The van der Waals surface area contributed by atoms with Crippen molar-refractivity contribution in [3.63, 3.8) is 0 Å². The second kappa shape index (κ2) is 9.71. The zero-order valence-electron chi connectivity index (χ0n) is 21.9. The van der Waals surface area contributed by atoms with Crippen LogP contribution >= 0.6 is 0 Å². The molecular formula is C29H32O10. The molecule has 5 N–H and O–H groups in total. The Labute approximate surface area is 224 Å². The highest BCUT2D eigenvalue weighted by Crippen LogP contribution is 2.52. The molecular weight excluding hydrogens is 508 g/mol. The van der Waals surface area contributed by atoms with Gasteiger partial charge in [0.1, 0.15) is 29.5 Å². The lowest BCUT2D eigenvalue weighted by molar-refractivity contribution is -0.152. The van der Waals surface area contributed by atoms with Crippen LogP contribution in [-0.4, -0.2) is 74.4 Å². The van der Waals surface area contributed by atoms with E-state index in [1.807, 2.05) is 13.8 Å². The molecule has 2 unspecified atom stereocenters. The Bertz CT molecular complexity index is 1370. The van der Waals surface area contributed by atoms with Crippen LogP contribution in [-0.2, 0) is 16.0 Å². The van der Waals surface area contributed by atoms with Gasteiger partial charge < -0.3 is 35.0 Å². The van der Waals surface area contributed by atoms with Gasteiger partial charge in [-0.25, -0.2) is 0 Å². The van der Waals surface area contributed by atoms with Crippen molar-refractivity contribution >= 4 is 17.3 Å². The average Bonchev–Trinajstić information content (AvgIpc) is 2.90. The largest absolute Gasteiger partial charge is 0.507 e. The van der Waals surface area contributed by atoms with E-state index in [4.69, 9.17) is 9.47 Å². The van der Waals surface area contributed by atoms with Crippen molar-refractivity contribution < 1.29 is 49.4 Å². The second-order valence-electron chi connectivity index (χ2n) is 11.0. The number of methoxy groups -OCH3 is 1. The van der Waals surface area contributed by atoms with E-state index < -0.39 is 76.9 Å². The lowest BCUT2D eigenvalue weighted by Gasteiger charge is -2.42. The molecule has 10 nitrogen and oxygen atoms in total. The van der Waals surface area contributed by atoms with Crippen molar-refractivity contribution in [2.24, 2.45) is 11.8 Å². The zero-order valence-corrected chi connectivity index (χ0v) is 21.9. The molecule has 39 heavy (non-hydrogen) atoms. The van der Waals surface area contributed by atoms with Gasteiger partial charge in [-0.15, -0.1) is 0 Å². The van der Waals surface area contributed by atoms with Gasteiger partial charge in [0.05, 0.1) is 42.1 Å². The summed E-state index contributed by atoms with van der Waals surface area (Å²) in [6.07, 6.45) is -2.05. The molecule has 3 aliphatic rings. The number of aromatic hydroxyl groups is 2. The molecule has 208 valence electrons. The topological polar surface area (TPSA) is 171 Å². The van der Waals surface area contributed by atoms with Crippen LogP contribution in [0.15, 0.2) is 18.2 Å². The van der Waals surface area contributed by atoms with Gasteiger partial charge in [0.25, 0.3) is 0 Å². The molecule has 5 rings (SSSR count). The highest BCUT2D eigenvalue weighted by Gasteiger charge is 2.50. The van der Waals surface area contributed by atoms with Gasteiger partial charge >= 0.3 is 0 Å². The van der Waals surface area contributed by atoms with E-state index in [0.29, 0.717) is 12.8 Å². The minimum atomic E-state index is -2.15. The molecule has 3 aliphatic carbocycles. The highest BCUT2D eigenvalue weighted by atomic mass is 16.5. The summed E-state index contributed by atoms with van der Waals surface area (Å²) in [5, 5.41) is 54.2. The number of aliphatic hydroxyl groups excluding tert-OH is 2. The van der Waals surface area contributed by atoms with Gasteiger partial charge in [0, 0.05) is 29.5 Å². The Balaban J connectivity index is 1.69. The number of rotatable bonds is 5. The Morgan fingerprint density at radius 2 is 1.67 bits per heavy atom. The molecule has 0 radical (unpaired) electrons. The van der Waals surface area contributed by atoms with Crippen LogP contribution in [0, 0.1) is 11.8 Å². The first kappa shape index (κ1) is 27.3. The first-order valence-electron chi connectivity index (χ1n) is 13.0. The number of carbonyl (C=O) groups is 3. The van der Waals surface area contributed by atoms with E-state index in [-0.39, 0.29) is 46.3 Å². The normalized spacial score (nSPS) is 29.8. The van der Waals surface area contributed by atoms with Crippen molar-refractivity contribution in [3.8, 4) is 17.2 Å². The van der Waals surface area contributed by atoms with Gasteiger partial charge in [0.15, 0.2) is 11.6 Å². The van der Waals surface area contributed by atoms with E-state index in [1.165, 1.54) is 25.3 Å². The summed E-state index contributed by atoms with van der Waals surface area (Å²) in [5.41, 5.74) is -3.14. The van der Waals surface area contributed by atoms with E-state index in [2.05, 4.69) is 0 Å². The Kier molecular flexibility index (Phi) is 6.79. The molecule has 0 aromatic heterocycles. The van der Waals surface area contributed by atoms with Gasteiger partial charge in [-0.3, -0.25) is 14.4 Å². The van der Waals surface area contributed by atoms with Crippen molar-refractivity contribution in [1.29, 1.82) is 0 Å². The van der Waals surface area contributed by atoms with Crippen LogP contribution in [0.1, 0.15) is 82.2 Å². The summed E-state index contributed by atoms with van der Waals surface area (Å²) in [6, 6.07) is 4.44. The van der Waals surface area contributed by atoms with E-state index in [0.717, 1.165) is 0 Å². The number of benzene rings is 2. The SMILES string of the molecule is COc1cccc2c1C(=O)c1c(O)c3c(c(O)c1C2=O)C[C@](O)(C(=O)CO)C[C@@H]3OC1C[C@@H](C)C(O)[C@@H](C)C1. The molecule has 6 atom stereocenters. The molecule has 2 aromatic carbocycles. The summed E-state index contributed by atoms with van der Waals surface area (Å²) in [6.45, 7) is 2.79. The first-order chi connectivity index (χ1) is 18.4. The second-order valence-corrected chi connectivity index (χ2v) is 11.0. The summed E-state index contributed by atoms with van der Waals surface area (Å²) in [4.78, 5) is 39.9. The molecule has 10 heteroatoms. The number of hydrogen-bond donors (Lipinski definition) is 5. The number of ether oxygens (including phenoxy) is 2. The Morgan fingerprint density at radius 3 is 2.28 bits per heavy atom. The summed E-state index contributed by atoms with van der Waals surface area (Å²) in [5.74, 6) is -3.64. The number of Topliss-reactive ketones (excluding diaryl/α,β-unsaturated/α-hetero) is 1. The maximum absolute atomic E-state index is 13.7. The summed E-state index contributed by atoms with van der Waals surface area (Å²) < 4.78 is 11.6. The highest BCUT2D eigenvalue weighted by molar-refractivity contribution is 6.31. The molecule has 0 spiro atoms. The maximum atomic E-state index is 13.7. The van der Waals surface area contributed by atoms with Crippen molar-refractivity contribution in [2.45, 2.75) is 63.4 Å². The van der Waals surface area contributed by atoms with Crippen LogP contribution in [0.5, 0.6) is 17.2 Å². The van der Waals surface area contributed by atoms with E-state index in [9.17, 15) is 39.9 Å². The Morgan fingerprint density at radius 1 is 1.03 bits per heavy atom. The van der Waals surface area contributed by atoms with Gasteiger partial charge in [-0.05, 0) is 30.7 Å². The third kappa shape index (κ3) is 4.13. The third-order valence-corrected chi connectivity index (χ3v) is 8.53. The predicted molar refractivity (Wildman–Crippen MR) is 136 cm³/mol. The van der Waals surface area contributed by atoms with Gasteiger partial charge in [-0.1, -0.05) is 26.0 Å². The molecule has 0 aliphatic heterocycles. The quantitative estimate of drug-likeness (QED) is 0.301. The van der Waals surface area contributed by atoms with Gasteiger partial charge in [0.2, 0.25) is 5.78 Å². The maximum Gasteiger partial charge on any atom is 0.202 e. The van der Waals surface area contributed by atoms with E-state index >= 15 is 0 Å². The minimum absolute atomic E-state index is 0.00703. The molecule has 0 saturated heterocycles. The number of carbonyl (C=O) groups excluding carboxylic acids is 3. The lowest BCUT2D eigenvalue weighted by atomic mass is 9.71. The first-order valence-corrected chi connectivity index (χ1v) is 13.0. The molecule has 1 fully saturated rings. The lowest BCUT2D eigenvalue weighted by Crippen LogP contribution is -2.48. The molecule has 2 aromatic rings. The van der Waals surface area contributed by atoms with Crippen LogP contribution in [0.2, 0.25) is 0 Å². The summed E-state index contributed by atoms with van der Waals surface area (Å²) >= 11 is 0. The fourth-order valence-corrected chi connectivity index (χ4v) is 6.50. The number of phenolic OH excluding ortho intramolecular Hbond substituents is 2. The third-order valence-electron chi connectivity index (χ3n) is 8.53. The van der Waals surface area contributed by atoms with Crippen LogP contribution < -0.4 is 4.74 Å². The number of phenols is 2. The van der Waals surface area contributed by atoms with Crippen LogP contribution in [0.4, 0.5) is 0 Å². The fraction of sp³-hybridized carbons (Fsp3) is 0.483. The zero-order chi connectivity index (χ0) is 28.4. The van der Waals surface area contributed by atoms with Gasteiger partial charge in [-0.2, -0.15) is 0 Å². The van der Waals surface area contributed by atoms with Crippen LogP contribution in [0.3, 0.4) is 0 Å². The standard InChI is InChI=1S/C29H32O10/c1-12-7-14(8-13(2)24(12)32)39-18-10-29(37,19(31)11-30)9-16-21(18)28(36)23-22(26(16)34)25(33)15-5-4-6-17(38-3)20(15)27(23)35/h4-6,12-14,18,24,30,32,34,36-37H,7-11H2,1-3H3/t12-,13+,14?,18-,24?,29+/m0/s1. The molecule has 0 bridgehead atoms.